The smallest absolute Gasteiger partial charge is 0.234 e. The average Bonchev–Trinajstić information content (AvgIpc) is 2.55. The van der Waals surface area contributed by atoms with Gasteiger partial charge in [-0.2, -0.15) is 0 Å². The van der Waals surface area contributed by atoms with E-state index in [9.17, 15) is 4.79 Å². The molecular formula is C18H21NO3S. The Morgan fingerprint density at radius 2 is 1.65 bits per heavy atom. The molecule has 0 saturated heterocycles. The van der Waals surface area contributed by atoms with E-state index in [1.54, 1.807) is 20.3 Å². The molecule has 0 saturated carbocycles. The van der Waals surface area contributed by atoms with Crippen LogP contribution >= 0.6 is 11.8 Å². The lowest BCUT2D eigenvalue weighted by molar-refractivity contribution is -0.113. The van der Waals surface area contributed by atoms with Gasteiger partial charge >= 0.3 is 0 Å². The Bertz CT molecular complexity index is 683. The number of hydrogen-bond acceptors (Lipinski definition) is 4. The van der Waals surface area contributed by atoms with Crippen molar-refractivity contribution in [2.24, 2.45) is 0 Å². The zero-order chi connectivity index (χ0) is 16.8. The molecular weight excluding hydrogens is 310 g/mol. The van der Waals surface area contributed by atoms with Crippen molar-refractivity contribution in [2.75, 3.05) is 25.3 Å². The van der Waals surface area contributed by atoms with Crippen molar-refractivity contribution in [1.82, 2.24) is 0 Å². The number of nitrogens with one attached hydrogen (secondary N) is 1. The first-order valence-electron chi connectivity index (χ1n) is 7.25. The molecule has 5 heteroatoms. The van der Waals surface area contributed by atoms with E-state index in [-0.39, 0.29) is 5.91 Å². The second kappa shape index (κ2) is 7.92. The van der Waals surface area contributed by atoms with E-state index >= 15 is 0 Å². The van der Waals surface area contributed by atoms with Crippen LogP contribution in [0.4, 0.5) is 5.69 Å². The molecule has 2 aromatic carbocycles. The Labute approximate surface area is 141 Å². The zero-order valence-corrected chi connectivity index (χ0v) is 14.6. The molecule has 0 fully saturated rings. The number of carbonyl (C=O) groups is 1. The zero-order valence-electron chi connectivity index (χ0n) is 13.8. The number of ether oxygens (including phenoxy) is 2. The maximum atomic E-state index is 12.2. The van der Waals surface area contributed by atoms with Gasteiger partial charge in [-0.25, -0.2) is 0 Å². The van der Waals surface area contributed by atoms with Gasteiger partial charge < -0.3 is 14.8 Å². The highest BCUT2D eigenvalue weighted by Gasteiger charge is 2.11. The first kappa shape index (κ1) is 17.2. The molecule has 122 valence electrons. The molecule has 2 aromatic rings. The number of thioether (sulfide) groups is 1. The molecule has 0 spiro atoms. The summed E-state index contributed by atoms with van der Waals surface area (Å²) in [5, 5.41) is 2.92. The van der Waals surface area contributed by atoms with Crippen LogP contribution in [-0.4, -0.2) is 25.9 Å². The summed E-state index contributed by atoms with van der Waals surface area (Å²) < 4.78 is 10.5. The van der Waals surface area contributed by atoms with Gasteiger partial charge in [-0.05, 0) is 37.6 Å². The van der Waals surface area contributed by atoms with Gasteiger partial charge in [0.25, 0.3) is 0 Å². The Balaban J connectivity index is 2.01. The minimum atomic E-state index is -0.0501. The lowest BCUT2D eigenvalue weighted by Crippen LogP contribution is -2.15. The Morgan fingerprint density at radius 1 is 1.04 bits per heavy atom. The van der Waals surface area contributed by atoms with Crippen molar-refractivity contribution < 1.29 is 14.3 Å². The highest BCUT2D eigenvalue weighted by Crippen LogP contribution is 2.33. The first-order chi connectivity index (χ1) is 11.0. The summed E-state index contributed by atoms with van der Waals surface area (Å²) in [7, 11) is 3.17. The van der Waals surface area contributed by atoms with E-state index in [4.69, 9.17) is 9.47 Å². The standard InChI is InChI=1S/C18H21NO3S/c1-12-5-7-14(8-6-12)23-11-18(20)19-15-10-17(22-4)16(21-3)9-13(15)2/h5-10H,11H2,1-4H3,(H,19,20). The van der Waals surface area contributed by atoms with E-state index in [0.29, 0.717) is 17.3 Å². The van der Waals surface area contributed by atoms with Crippen molar-refractivity contribution in [3.05, 3.63) is 47.5 Å². The summed E-state index contributed by atoms with van der Waals surface area (Å²) in [6, 6.07) is 11.8. The van der Waals surface area contributed by atoms with Gasteiger partial charge in [-0.3, -0.25) is 4.79 Å². The number of amides is 1. The third kappa shape index (κ3) is 4.66. The number of anilines is 1. The molecule has 0 aromatic heterocycles. The van der Waals surface area contributed by atoms with E-state index < -0.39 is 0 Å². The van der Waals surface area contributed by atoms with Gasteiger partial charge in [-0.1, -0.05) is 17.7 Å². The van der Waals surface area contributed by atoms with Crippen molar-refractivity contribution in [2.45, 2.75) is 18.7 Å². The Kier molecular flexibility index (Phi) is 5.93. The highest BCUT2D eigenvalue weighted by molar-refractivity contribution is 8.00. The van der Waals surface area contributed by atoms with Crippen LogP contribution in [0.25, 0.3) is 0 Å². The fourth-order valence-electron chi connectivity index (χ4n) is 2.08. The number of hydrogen-bond donors (Lipinski definition) is 1. The van der Waals surface area contributed by atoms with E-state index in [1.165, 1.54) is 17.3 Å². The summed E-state index contributed by atoms with van der Waals surface area (Å²) in [5.41, 5.74) is 2.87. The van der Waals surface area contributed by atoms with Crippen LogP contribution in [0.3, 0.4) is 0 Å². The fraction of sp³-hybridized carbons (Fsp3) is 0.278. The molecule has 1 amide bonds. The van der Waals surface area contributed by atoms with Gasteiger partial charge in [-0.15, -0.1) is 11.8 Å². The fourth-order valence-corrected chi connectivity index (χ4v) is 2.78. The van der Waals surface area contributed by atoms with Crippen LogP contribution in [0.5, 0.6) is 11.5 Å². The number of methoxy groups -OCH3 is 2. The quantitative estimate of drug-likeness (QED) is 0.811. The van der Waals surface area contributed by atoms with Crippen LogP contribution in [0, 0.1) is 13.8 Å². The number of benzene rings is 2. The first-order valence-corrected chi connectivity index (χ1v) is 8.24. The molecule has 0 heterocycles. The maximum absolute atomic E-state index is 12.2. The topological polar surface area (TPSA) is 47.6 Å². The van der Waals surface area contributed by atoms with Crippen molar-refractivity contribution >= 4 is 23.4 Å². The van der Waals surface area contributed by atoms with Gasteiger partial charge in [0, 0.05) is 16.6 Å². The molecule has 4 nitrogen and oxygen atoms in total. The average molecular weight is 331 g/mol. The molecule has 0 unspecified atom stereocenters. The number of rotatable bonds is 6. The summed E-state index contributed by atoms with van der Waals surface area (Å²) in [6.45, 7) is 3.96. The lowest BCUT2D eigenvalue weighted by atomic mass is 10.1. The van der Waals surface area contributed by atoms with Crippen LogP contribution in [-0.2, 0) is 4.79 Å². The van der Waals surface area contributed by atoms with E-state index in [1.807, 2.05) is 44.2 Å². The summed E-state index contributed by atoms with van der Waals surface area (Å²) in [4.78, 5) is 13.2. The molecule has 0 aliphatic rings. The van der Waals surface area contributed by atoms with Crippen LogP contribution < -0.4 is 14.8 Å². The minimum Gasteiger partial charge on any atom is -0.493 e. The molecule has 0 radical (unpaired) electrons. The van der Waals surface area contributed by atoms with Crippen LogP contribution in [0.2, 0.25) is 0 Å². The molecule has 0 aliphatic carbocycles. The SMILES string of the molecule is COc1cc(C)c(NC(=O)CSc2ccc(C)cc2)cc1OC. The third-order valence-electron chi connectivity index (χ3n) is 3.40. The predicted molar refractivity (Wildman–Crippen MR) is 94.8 cm³/mol. The minimum absolute atomic E-state index is 0.0501. The van der Waals surface area contributed by atoms with Crippen LogP contribution in [0.1, 0.15) is 11.1 Å². The largest absolute Gasteiger partial charge is 0.493 e. The second-order valence-corrected chi connectivity index (χ2v) is 6.22. The second-order valence-electron chi connectivity index (χ2n) is 5.17. The van der Waals surface area contributed by atoms with Crippen molar-refractivity contribution in [3.8, 4) is 11.5 Å². The van der Waals surface area contributed by atoms with Gasteiger partial charge in [0.15, 0.2) is 11.5 Å². The summed E-state index contributed by atoms with van der Waals surface area (Å²) in [6.07, 6.45) is 0. The van der Waals surface area contributed by atoms with Crippen molar-refractivity contribution in [3.63, 3.8) is 0 Å². The Hall–Kier alpha value is -2.14. The summed E-state index contributed by atoms with van der Waals surface area (Å²) in [5.74, 6) is 1.55. The summed E-state index contributed by atoms with van der Waals surface area (Å²) >= 11 is 1.51. The monoisotopic (exact) mass is 331 g/mol. The molecule has 23 heavy (non-hydrogen) atoms. The van der Waals surface area contributed by atoms with Crippen molar-refractivity contribution in [1.29, 1.82) is 0 Å². The number of aryl methyl sites for hydroxylation is 2. The maximum Gasteiger partial charge on any atom is 0.234 e. The lowest BCUT2D eigenvalue weighted by Gasteiger charge is -2.13. The molecule has 0 atom stereocenters. The predicted octanol–water partition coefficient (Wildman–Crippen LogP) is 4.05. The van der Waals surface area contributed by atoms with Gasteiger partial charge in [0.05, 0.1) is 20.0 Å². The number of carbonyl (C=O) groups excluding carboxylic acids is 1. The highest BCUT2D eigenvalue weighted by atomic mass is 32.2. The van der Waals surface area contributed by atoms with Gasteiger partial charge in [0.2, 0.25) is 5.91 Å². The van der Waals surface area contributed by atoms with Crippen LogP contribution in [0.15, 0.2) is 41.3 Å². The molecule has 2 rings (SSSR count). The third-order valence-corrected chi connectivity index (χ3v) is 4.41. The van der Waals surface area contributed by atoms with E-state index in [2.05, 4.69) is 5.32 Å². The molecule has 0 bridgehead atoms. The van der Waals surface area contributed by atoms with Gasteiger partial charge in [0.1, 0.15) is 0 Å². The normalized spacial score (nSPS) is 10.3. The molecule has 0 aliphatic heterocycles. The van der Waals surface area contributed by atoms with E-state index in [0.717, 1.165) is 16.1 Å². The Morgan fingerprint density at radius 3 is 2.26 bits per heavy atom. The molecule has 1 N–H and O–H groups in total.